The molecule has 0 aliphatic heterocycles. The Morgan fingerprint density at radius 3 is 2.67 bits per heavy atom. The molecule has 1 heterocycles. The molecular weight excluding hydrogens is 359 g/mol. The first kappa shape index (κ1) is 19.9. The number of hydrogen-bond donors (Lipinski definition) is 0. The van der Waals surface area contributed by atoms with E-state index in [2.05, 4.69) is 31.6 Å². The standard InChI is InChI=1S/C19H14F3N3O2/c1-23-10-3-2-6-15-8-9-16(25-24-15)13-17(26)11-14-5-4-7-18(12-14)27-19(20,21)22/h4-5,7-9,12H,3,10-11,13H2. The van der Waals surface area contributed by atoms with Gasteiger partial charge in [-0.15, -0.1) is 18.3 Å². The highest BCUT2D eigenvalue weighted by Gasteiger charge is 2.31. The van der Waals surface area contributed by atoms with Gasteiger partial charge in [-0.25, -0.2) is 6.57 Å². The van der Waals surface area contributed by atoms with Crippen LogP contribution in [0.1, 0.15) is 23.4 Å². The molecule has 0 amide bonds. The first-order valence-electron chi connectivity index (χ1n) is 7.87. The van der Waals surface area contributed by atoms with Gasteiger partial charge in [0.25, 0.3) is 0 Å². The Labute approximate surface area is 154 Å². The second-order valence-corrected chi connectivity index (χ2v) is 5.43. The summed E-state index contributed by atoms with van der Waals surface area (Å²) in [5.41, 5.74) is 1.29. The number of alkyl halides is 3. The maximum Gasteiger partial charge on any atom is 0.573 e. The Bertz CT molecular complexity index is 891. The lowest BCUT2D eigenvalue weighted by Gasteiger charge is -2.09. The quantitative estimate of drug-likeness (QED) is 0.443. The van der Waals surface area contributed by atoms with Crippen LogP contribution >= 0.6 is 0 Å². The van der Waals surface area contributed by atoms with Crippen LogP contribution in [0.4, 0.5) is 13.2 Å². The molecule has 1 aromatic carbocycles. The van der Waals surface area contributed by atoms with E-state index in [1.54, 1.807) is 18.2 Å². The average Bonchev–Trinajstić information content (AvgIpc) is 2.59. The van der Waals surface area contributed by atoms with Gasteiger partial charge in [0.05, 0.1) is 18.5 Å². The molecule has 1 aromatic heterocycles. The van der Waals surface area contributed by atoms with E-state index in [0.29, 0.717) is 29.9 Å². The van der Waals surface area contributed by atoms with E-state index >= 15 is 0 Å². The SMILES string of the molecule is [C-]#[N+]CCC#Cc1ccc(CC(=O)Cc2cccc(OC(F)(F)F)c2)nn1. The van der Waals surface area contributed by atoms with Crippen molar-refractivity contribution in [3.63, 3.8) is 0 Å². The second kappa shape index (κ2) is 9.35. The largest absolute Gasteiger partial charge is 0.573 e. The molecule has 0 radical (unpaired) electrons. The smallest absolute Gasteiger partial charge is 0.406 e. The van der Waals surface area contributed by atoms with E-state index in [4.69, 9.17) is 6.57 Å². The molecule has 138 valence electrons. The molecule has 0 saturated heterocycles. The zero-order valence-corrected chi connectivity index (χ0v) is 14.1. The van der Waals surface area contributed by atoms with E-state index in [0.717, 1.165) is 0 Å². The molecule has 5 nitrogen and oxygen atoms in total. The summed E-state index contributed by atoms with van der Waals surface area (Å²) in [6.45, 7) is 6.97. The molecule has 0 unspecified atom stereocenters. The van der Waals surface area contributed by atoms with Crippen molar-refractivity contribution in [1.82, 2.24) is 10.2 Å². The van der Waals surface area contributed by atoms with E-state index in [1.807, 2.05) is 0 Å². The predicted octanol–water partition coefficient (Wildman–Crippen LogP) is 3.39. The van der Waals surface area contributed by atoms with Crippen molar-refractivity contribution in [2.24, 2.45) is 0 Å². The number of benzene rings is 1. The number of ether oxygens (including phenoxy) is 1. The summed E-state index contributed by atoms with van der Waals surface area (Å²) >= 11 is 0. The zero-order chi connectivity index (χ0) is 19.7. The third-order valence-corrected chi connectivity index (χ3v) is 3.20. The van der Waals surface area contributed by atoms with Crippen molar-refractivity contribution in [3.05, 3.63) is 64.8 Å². The van der Waals surface area contributed by atoms with Gasteiger partial charge in [-0.1, -0.05) is 18.1 Å². The van der Waals surface area contributed by atoms with Gasteiger partial charge >= 0.3 is 6.36 Å². The Morgan fingerprint density at radius 1 is 1.19 bits per heavy atom. The highest BCUT2D eigenvalue weighted by Crippen LogP contribution is 2.23. The Morgan fingerprint density at radius 2 is 2.00 bits per heavy atom. The van der Waals surface area contributed by atoms with Crippen molar-refractivity contribution in [1.29, 1.82) is 0 Å². The number of carbonyl (C=O) groups is 1. The molecule has 0 saturated carbocycles. The lowest BCUT2D eigenvalue weighted by Crippen LogP contribution is -2.17. The van der Waals surface area contributed by atoms with Crippen LogP contribution in [0.5, 0.6) is 5.75 Å². The van der Waals surface area contributed by atoms with Crippen LogP contribution in [0.2, 0.25) is 0 Å². The number of halogens is 3. The van der Waals surface area contributed by atoms with Gasteiger partial charge in [-0.3, -0.25) is 4.79 Å². The number of aromatic nitrogens is 2. The molecule has 0 spiro atoms. The molecule has 0 bridgehead atoms. The van der Waals surface area contributed by atoms with Gasteiger partial charge in [-0.2, -0.15) is 5.10 Å². The molecule has 0 N–H and O–H groups in total. The Balaban J connectivity index is 1.93. The number of Topliss-reactive ketones (excluding diaryl/α,β-unsaturated/α-hetero) is 1. The lowest BCUT2D eigenvalue weighted by atomic mass is 10.1. The second-order valence-electron chi connectivity index (χ2n) is 5.43. The van der Waals surface area contributed by atoms with Gasteiger partial charge in [-0.05, 0) is 35.7 Å². The minimum absolute atomic E-state index is 0.00277. The third-order valence-electron chi connectivity index (χ3n) is 3.20. The third kappa shape index (κ3) is 7.57. The summed E-state index contributed by atoms with van der Waals surface area (Å²) in [5, 5.41) is 7.81. The fourth-order valence-electron chi connectivity index (χ4n) is 2.13. The molecule has 0 aliphatic rings. The number of ketones is 1. The summed E-state index contributed by atoms with van der Waals surface area (Å²) in [6, 6.07) is 8.54. The van der Waals surface area contributed by atoms with Crippen molar-refractivity contribution >= 4 is 5.78 Å². The minimum Gasteiger partial charge on any atom is -0.406 e. The summed E-state index contributed by atoms with van der Waals surface area (Å²) in [6.07, 6.45) is -4.38. The van der Waals surface area contributed by atoms with Crippen molar-refractivity contribution in [3.8, 4) is 17.6 Å². The average molecular weight is 373 g/mol. The molecular formula is C19H14F3N3O2. The molecule has 27 heavy (non-hydrogen) atoms. The zero-order valence-electron chi connectivity index (χ0n) is 14.1. The first-order chi connectivity index (χ1) is 12.9. The molecule has 0 fully saturated rings. The van der Waals surface area contributed by atoms with Gasteiger partial charge in [0.1, 0.15) is 17.2 Å². The van der Waals surface area contributed by atoms with Crippen LogP contribution < -0.4 is 4.74 Å². The number of hydrogen-bond acceptors (Lipinski definition) is 4. The van der Waals surface area contributed by atoms with Crippen LogP contribution in [0, 0.1) is 18.4 Å². The molecule has 0 atom stereocenters. The van der Waals surface area contributed by atoms with Gasteiger partial charge in [0, 0.05) is 6.42 Å². The summed E-state index contributed by atoms with van der Waals surface area (Å²) < 4.78 is 40.6. The van der Waals surface area contributed by atoms with Gasteiger partial charge in [0.2, 0.25) is 6.54 Å². The highest BCUT2D eigenvalue weighted by atomic mass is 19.4. The van der Waals surface area contributed by atoms with Crippen molar-refractivity contribution in [2.45, 2.75) is 25.6 Å². The summed E-state index contributed by atoms with van der Waals surface area (Å²) in [4.78, 5) is 15.3. The van der Waals surface area contributed by atoms with Crippen LogP contribution in [0.15, 0.2) is 36.4 Å². The maximum atomic E-state index is 12.2. The van der Waals surface area contributed by atoms with Crippen molar-refractivity contribution in [2.75, 3.05) is 6.54 Å². The Kier molecular flexibility index (Phi) is 6.90. The van der Waals surface area contributed by atoms with Crippen LogP contribution in [-0.2, 0) is 17.6 Å². The topological polar surface area (TPSA) is 56.4 Å². The molecule has 2 rings (SSSR count). The monoisotopic (exact) mass is 373 g/mol. The van der Waals surface area contributed by atoms with E-state index in [1.165, 1.54) is 18.2 Å². The summed E-state index contributed by atoms with van der Waals surface area (Å²) in [5.74, 6) is 4.97. The van der Waals surface area contributed by atoms with Crippen LogP contribution in [0.25, 0.3) is 4.85 Å². The fourth-order valence-corrected chi connectivity index (χ4v) is 2.13. The molecule has 2 aromatic rings. The fraction of sp³-hybridized carbons (Fsp3) is 0.263. The maximum absolute atomic E-state index is 12.2. The van der Waals surface area contributed by atoms with E-state index in [-0.39, 0.29) is 24.4 Å². The predicted molar refractivity (Wildman–Crippen MR) is 90.5 cm³/mol. The van der Waals surface area contributed by atoms with E-state index in [9.17, 15) is 18.0 Å². The number of rotatable bonds is 6. The molecule has 8 heteroatoms. The summed E-state index contributed by atoms with van der Waals surface area (Å²) in [7, 11) is 0. The molecule has 0 aliphatic carbocycles. The van der Waals surface area contributed by atoms with Crippen LogP contribution in [-0.4, -0.2) is 28.9 Å². The van der Waals surface area contributed by atoms with Gasteiger partial charge in [0.15, 0.2) is 0 Å². The highest BCUT2D eigenvalue weighted by molar-refractivity contribution is 5.82. The Hall–Kier alpha value is -3.39. The van der Waals surface area contributed by atoms with Gasteiger partial charge < -0.3 is 9.58 Å². The first-order valence-corrected chi connectivity index (χ1v) is 7.87. The normalized spacial score (nSPS) is 10.4. The number of nitrogens with zero attached hydrogens (tertiary/aromatic N) is 3. The van der Waals surface area contributed by atoms with Crippen LogP contribution in [0.3, 0.4) is 0 Å². The van der Waals surface area contributed by atoms with Crippen molar-refractivity contribution < 1.29 is 22.7 Å². The van der Waals surface area contributed by atoms with E-state index < -0.39 is 6.36 Å². The number of carbonyl (C=O) groups excluding carboxylic acids is 1. The minimum atomic E-state index is -4.78. The lowest BCUT2D eigenvalue weighted by molar-refractivity contribution is -0.274.